The van der Waals surface area contributed by atoms with Crippen LogP contribution in [0.1, 0.15) is 5.56 Å². The molecule has 2 N–H and O–H groups in total. The molecule has 0 saturated carbocycles. The van der Waals surface area contributed by atoms with Gasteiger partial charge in [0.25, 0.3) is 0 Å². The maximum absolute atomic E-state index is 11.7. The number of rotatable bonds is 5. The van der Waals surface area contributed by atoms with Crippen LogP contribution in [0.5, 0.6) is 0 Å². The van der Waals surface area contributed by atoms with Gasteiger partial charge in [0, 0.05) is 11.1 Å². The summed E-state index contributed by atoms with van der Waals surface area (Å²) in [5, 5.41) is 3.59. The second-order valence-corrected chi connectivity index (χ2v) is 5.22. The molecule has 0 atom stereocenters. The van der Waals surface area contributed by atoms with Crippen LogP contribution in [0.2, 0.25) is 5.02 Å². The number of ether oxygens (including phenoxy) is 1. The molecule has 4 nitrogen and oxygen atoms in total. The Balaban J connectivity index is 1.68. The molecule has 1 aliphatic rings. The average molecular weight is 296 g/mol. The topological polar surface area (TPSA) is 42.8 Å². The highest BCUT2D eigenvalue weighted by atomic mass is 35.5. The first-order valence-corrected chi connectivity index (χ1v) is 7.24. The summed E-state index contributed by atoms with van der Waals surface area (Å²) in [7, 11) is 0. The molecule has 1 aromatic rings. The van der Waals surface area contributed by atoms with Crippen LogP contribution in [-0.2, 0) is 9.53 Å². The zero-order valence-corrected chi connectivity index (χ0v) is 12.2. The number of quaternary nitrogens is 1. The Bertz CT molecular complexity index is 453. The monoisotopic (exact) mass is 295 g/mol. The molecular formula is C15H20ClN2O2+. The highest BCUT2D eigenvalue weighted by Crippen LogP contribution is 2.10. The fourth-order valence-electron chi connectivity index (χ4n) is 2.08. The van der Waals surface area contributed by atoms with Gasteiger partial charge in [-0.15, -0.1) is 0 Å². The fourth-order valence-corrected chi connectivity index (χ4v) is 2.20. The summed E-state index contributed by atoms with van der Waals surface area (Å²) in [6.45, 7) is 5.33. The first kappa shape index (κ1) is 15.0. The molecule has 20 heavy (non-hydrogen) atoms. The lowest BCUT2D eigenvalue weighted by Crippen LogP contribution is -3.14. The number of morpholine rings is 1. The van der Waals surface area contributed by atoms with Crippen LogP contribution in [0.3, 0.4) is 0 Å². The first-order chi connectivity index (χ1) is 9.74. The molecule has 0 bridgehead atoms. The number of carbonyl (C=O) groups excluding carboxylic acids is 1. The molecule has 1 heterocycles. The number of benzene rings is 1. The van der Waals surface area contributed by atoms with E-state index in [-0.39, 0.29) is 5.91 Å². The van der Waals surface area contributed by atoms with Crippen molar-refractivity contribution < 1.29 is 14.4 Å². The zero-order chi connectivity index (χ0) is 14.2. The average Bonchev–Trinajstić information content (AvgIpc) is 2.48. The number of carbonyl (C=O) groups is 1. The zero-order valence-electron chi connectivity index (χ0n) is 11.4. The lowest BCUT2D eigenvalue weighted by Gasteiger charge is -2.23. The van der Waals surface area contributed by atoms with Crippen molar-refractivity contribution in [2.75, 3.05) is 39.4 Å². The molecule has 0 aliphatic carbocycles. The van der Waals surface area contributed by atoms with Crippen molar-refractivity contribution in [2.45, 2.75) is 0 Å². The highest BCUT2D eigenvalue weighted by Gasteiger charge is 2.12. The van der Waals surface area contributed by atoms with Crippen LogP contribution < -0.4 is 10.2 Å². The van der Waals surface area contributed by atoms with E-state index >= 15 is 0 Å². The third-order valence-corrected chi connectivity index (χ3v) is 3.53. The maximum Gasteiger partial charge on any atom is 0.244 e. The van der Waals surface area contributed by atoms with Crippen LogP contribution in [0, 0.1) is 0 Å². The van der Waals surface area contributed by atoms with Crippen molar-refractivity contribution in [3.63, 3.8) is 0 Å². The molecule has 108 valence electrons. The number of amides is 1. The normalized spacial score (nSPS) is 16.4. The standard InChI is InChI=1S/C15H19ClN2O2/c16-14-4-1-13(2-5-14)3-6-15(19)17-7-8-18-9-11-20-12-10-18/h1-6H,7-12H2,(H,17,19)/p+1. The Kier molecular flexibility index (Phi) is 6.05. The van der Waals surface area contributed by atoms with Crippen molar-refractivity contribution >= 4 is 23.6 Å². The van der Waals surface area contributed by atoms with Crippen molar-refractivity contribution in [3.8, 4) is 0 Å². The van der Waals surface area contributed by atoms with Crippen molar-refractivity contribution in [2.24, 2.45) is 0 Å². The van der Waals surface area contributed by atoms with E-state index in [0.717, 1.165) is 38.4 Å². The summed E-state index contributed by atoms with van der Waals surface area (Å²) in [6.07, 6.45) is 3.34. The molecule has 0 spiro atoms. The first-order valence-electron chi connectivity index (χ1n) is 6.87. The molecule has 0 unspecified atom stereocenters. The quantitative estimate of drug-likeness (QED) is 0.772. The van der Waals surface area contributed by atoms with Crippen molar-refractivity contribution in [3.05, 3.63) is 40.9 Å². The Labute approximate surface area is 124 Å². The summed E-state index contributed by atoms with van der Waals surface area (Å²) in [5.41, 5.74) is 0.961. The van der Waals surface area contributed by atoms with Crippen LogP contribution in [0.4, 0.5) is 0 Å². The van der Waals surface area contributed by atoms with E-state index in [2.05, 4.69) is 5.32 Å². The summed E-state index contributed by atoms with van der Waals surface area (Å²) in [5.74, 6) is -0.0624. The molecule has 1 saturated heterocycles. The molecular weight excluding hydrogens is 276 g/mol. The molecule has 1 aromatic carbocycles. The minimum atomic E-state index is -0.0624. The van der Waals surface area contributed by atoms with E-state index in [1.54, 1.807) is 24.3 Å². The van der Waals surface area contributed by atoms with E-state index in [1.807, 2.05) is 12.1 Å². The van der Waals surface area contributed by atoms with Crippen LogP contribution in [-0.4, -0.2) is 45.3 Å². The largest absolute Gasteiger partial charge is 0.370 e. The predicted octanol–water partition coefficient (Wildman–Crippen LogP) is 0.385. The smallest absolute Gasteiger partial charge is 0.244 e. The van der Waals surface area contributed by atoms with E-state index in [4.69, 9.17) is 16.3 Å². The van der Waals surface area contributed by atoms with Gasteiger partial charge >= 0.3 is 0 Å². The van der Waals surface area contributed by atoms with Crippen molar-refractivity contribution in [1.29, 1.82) is 0 Å². The van der Waals surface area contributed by atoms with Crippen molar-refractivity contribution in [1.82, 2.24) is 5.32 Å². The van der Waals surface area contributed by atoms with Gasteiger partial charge in [-0.3, -0.25) is 4.79 Å². The minimum absolute atomic E-state index is 0.0624. The number of nitrogens with one attached hydrogen (secondary N) is 2. The lowest BCUT2D eigenvalue weighted by atomic mass is 10.2. The van der Waals surface area contributed by atoms with E-state index in [0.29, 0.717) is 11.6 Å². The van der Waals surface area contributed by atoms with Gasteiger partial charge in [-0.05, 0) is 23.8 Å². The number of hydrogen-bond donors (Lipinski definition) is 2. The third kappa shape index (κ3) is 5.33. The summed E-state index contributed by atoms with van der Waals surface area (Å²) in [4.78, 5) is 13.2. The minimum Gasteiger partial charge on any atom is -0.370 e. The van der Waals surface area contributed by atoms with Gasteiger partial charge < -0.3 is 15.0 Å². The van der Waals surface area contributed by atoms with E-state index in [1.165, 1.54) is 4.90 Å². The molecule has 1 fully saturated rings. The molecule has 5 heteroatoms. The van der Waals surface area contributed by atoms with Gasteiger partial charge in [-0.1, -0.05) is 23.7 Å². The van der Waals surface area contributed by atoms with Gasteiger partial charge in [0.15, 0.2) is 0 Å². The summed E-state index contributed by atoms with van der Waals surface area (Å²) < 4.78 is 5.29. The summed E-state index contributed by atoms with van der Waals surface area (Å²) in [6, 6.07) is 7.37. The second kappa shape index (κ2) is 8.04. The van der Waals surface area contributed by atoms with Gasteiger partial charge in [0.1, 0.15) is 13.1 Å². The molecule has 1 amide bonds. The third-order valence-electron chi connectivity index (χ3n) is 3.27. The van der Waals surface area contributed by atoms with E-state index in [9.17, 15) is 4.79 Å². The Morgan fingerprint density at radius 2 is 2.00 bits per heavy atom. The van der Waals surface area contributed by atoms with Crippen LogP contribution >= 0.6 is 11.6 Å². The van der Waals surface area contributed by atoms with Gasteiger partial charge in [0.05, 0.1) is 26.3 Å². The Hall–Kier alpha value is -1.36. The maximum atomic E-state index is 11.7. The fraction of sp³-hybridized carbons (Fsp3) is 0.400. The number of hydrogen-bond acceptors (Lipinski definition) is 2. The highest BCUT2D eigenvalue weighted by molar-refractivity contribution is 6.30. The second-order valence-electron chi connectivity index (χ2n) is 4.79. The van der Waals surface area contributed by atoms with Crippen LogP contribution in [0.15, 0.2) is 30.3 Å². The van der Waals surface area contributed by atoms with Crippen LogP contribution in [0.25, 0.3) is 6.08 Å². The molecule has 2 rings (SSSR count). The summed E-state index contributed by atoms with van der Waals surface area (Å²) >= 11 is 5.80. The van der Waals surface area contributed by atoms with Gasteiger partial charge in [-0.2, -0.15) is 0 Å². The lowest BCUT2D eigenvalue weighted by molar-refractivity contribution is -0.906. The number of halogens is 1. The SMILES string of the molecule is O=C(C=Cc1ccc(Cl)cc1)NCC[NH+]1CCOCC1. The van der Waals surface area contributed by atoms with Gasteiger partial charge in [-0.25, -0.2) is 0 Å². The molecule has 0 aromatic heterocycles. The van der Waals surface area contributed by atoms with E-state index < -0.39 is 0 Å². The molecule has 1 aliphatic heterocycles. The predicted molar refractivity (Wildman–Crippen MR) is 79.9 cm³/mol. The van der Waals surface area contributed by atoms with Gasteiger partial charge in [0.2, 0.25) is 5.91 Å². The Morgan fingerprint density at radius 3 is 2.70 bits per heavy atom. The Morgan fingerprint density at radius 1 is 1.30 bits per heavy atom. The molecule has 0 radical (unpaired) electrons.